The van der Waals surface area contributed by atoms with Crippen LogP contribution in [0.4, 0.5) is 5.69 Å². The van der Waals surface area contributed by atoms with Crippen LogP contribution in [0, 0.1) is 0 Å². The van der Waals surface area contributed by atoms with E-state index in [0.29, 0.717) is 13.0 Å². The Bertz CT molecular complexity index is 591. The Kier molecular flexibility index (Phi) is 2.42. The number of carbonyl (C=O) groups is 1. The van der Waals surface area contributed by atoms with Crippen molar-refractivity contribution in [3.05, 3.63) is 34.8 Å². The van der Waals surface area contributed by atoms with Crippen LogP contribution in [0.5, 0.6) is 0 Å². The van der Waals surface area contributed by atoms with Crippen LogP contribution in [0.15, 0.2) is 24.4 Å². The van der Waals surface area contributed by atoms with E-state index in [0.717, 1.165) is 26.7 Å². The van der Waals surface area contributed by atoms with E-state index < -0.39 is 0 Å². The van der Waals surface area contributed by atoms with Crippen molar-refractivity contribution in [2.75, 3.05) is 5.32 Å². The van der Waals surface area contributed by atoms with Gasteiger partial charge in [-0.25, -0.2) is 4.98 Å². The lowest BCUT2D eigenvalue weighted by Gasteiger charge is -2.00. The highest BCUT2D eigenvalue weighted by Crippen LogP contribution is 2.31. The molecule has 86 valence electrons. The molecular formula is C12H11N3OS. The zero-order valence-electron chi connectivity index (χ0n) is 9.06. The summed E-state index contributed by atoms with van der Waals surface area (Å²) in [6.45, 7) is 0.517. The highest BCUT2D eigenvalue weighted by Gasteiger charge is 2.18. The first kappa shape index (κ1) is 10.4. The Hall–Kier alpha value is -1.72. The zero-order chi connectivity index (χ0) is 11.8. The number of carbonyl (C=O) groups excluding carboxylic acids is 1. The quantitative estimate of drug-likeness (QED) is 0.847. The number of anilines is 1. The minimum Gasteiger partial charge on any atom is -0.326 e. The summed E-state index contributed by atoms with van der Waals surface area (Å²) in [4.78, 5) is 16.7. The molecule has 1 aliphatic heterocycles. The fourth-order valence-corrected chi connectivity index (χ4v) is 2.68. The molecule has 0 saturated carbocycles. The van der Waals surface area contributed by atoms with Crippen molar-refractivity contribution in [2.45, 2.75) is 13.0 Å². The van der Waals surface area contributed by atoms with E-state index in [4.69, 9.17) is 5.73 Å². The van der Waals surface area contributed by atoms with Crippen LogP contribution in [0.1, 0.15) is 10.4 Å². The molecule has 17 heavy (non-hydrogen) atoms. The number of fused-ring (bicyclic) bond motifs is 1. The van der Waals surface area contributed by atoms with Crippen LogP contribution in [-0.4, -0.2) is 10.9 Å². The van der Waals surface area contributed by atoms with Gasteiger partial charge in [0.15, 0.2) is 0 Å². The molecule has 2 heterocycles. The second-order valence-electron chi connectivity index (χ2n) is 3.93. The highest BCUT2D eigenvalue weighted by atomic mass is 32.1. The van der Waals surface area contributed by atoms with Crippen LogP contribution < -0.4 is 11.1 Å². The van der Waals surface area contributed by atoms with E-state index in [1.807, 2.05) is 18.2 Å². The van der Waals surface area contributed by atoms with E-state index in [2.05, 4.69) is 10.3 Å². The molecule has 1 aromatic carbocycles. The first-order valence-electron chi connectivity index (χ1n) is 5.34. The molecule has 0 aliphatic carbocycles. The molecule has 5 heteroatoms. The van der Waals surface area contributed by atoms with Crippen molar-refractivity contribution >= 4 is 22.9 Å². The van der Waals surface area contributed by atoms with Gasteiger partial charge in [0, 0.05) is 28.9 Å². The Morgan fingerprint density at radius 2 is 2.35 bits per heavy atom. The third-order valence-electron chi connectivity index (χ3n) is 2.73. The summed E-state index contributed by atoms with van der Waals surface area (Å²) >= 11 is 1.59. The van der Waals surface area contributed by atoms with Crippen molar-refractivity contribution in [1.29, 1.82) is 0 Å². The summed E-state index contributed by atoms with van der Waals surface area (Å²) in [5.74, 6) is 0.0546. The maximum absolute atomic E-state index is 11.3. The first-order chi connectivity index (χ1) is 8.26. The number of nitrogens with two attached hydrogens (primary N) is 1. The first-order valence-corrected chi connectivity index (χ1v) is 6.16. The SMILES string of the molecule is NCc1cnc(-c2ccc3c(c2)CC(=O)N3)s1. The molecule has 0 spiro atoms. The molecule has 0 bridgehead atoms. The lowest BCUT2D eigenvalue weighted by molar-refractivity contribution is -0.115. The van der Waals surface area contributed by atoms with Crippen LogP contribution in [0.3, 0.4) is 0 Å². The summed E-state index contributed by atoms with van der Waals surface area (Å²) in [5.41, 5.74) is 8.56. The number of benzene rings is 1. The fraction of sp³-hybridized carbons (Fsp3) is 0.167. The Balaban J connectivity index is 1.99. The van der Waals surface area contributed by atoms with Crippen molar-refractivity contribution in [1.82, 2.24) is 4.98 Å². The third kappa shape index (κ3) is 1.83. The lowest BCUT2D eigenvalue weighted by atomic mass is 10.1. The van der Waals surface area contributed by atoms with Gasteiger partial charge in [-0.3, -0.25) is 4.79 Å². The molecule has 2 aromatic rings. The molecule has 1 aromatic heterocycles. The van der Waals surface area contributed by atoms with Gasteiger partial charge in [-0.05, 0) is 23.8 Å². The van der Waals surface area contributed by atoms with Crippen LogP contribution in [-0.2, 0) is 17.8 Å². The number of amides is 1. The smallest absolute Gasteiger partial charge is 0.228 e. The average Bonchev–Trinajstić information content (AvgIpc) is 2.92. The van der Waals surface area contributed by atoms with Gasteiger partial charge in [0.05, 0.1) is 6.42 Å². The van der Waals surface area contributed by atoms with Crippen molar-refractivity contribution in [2.24, 2.45) is 5.73 Å². The van der Waals surface area contributed by atoms with Crippen LogP contribution in [0.25, 0.3) is 10.6 Å². The van der Waals surface area contributed by atoms with Crippen molar-refractivity contribution in [3.63, 3.8) is 0 Å². The molecule has 1 amide bonds. The molecule has 4 nitrogen and oxygen atoms in total. The van der Waals surface area contributed by atoms with Gasteiger partial charge in [-0.1, -0.05) is 0 Å². The number of nitrogens with one attached hydrogen (secondary N) is 1. The molecular weight excluding hydrogens is 234 g/mol. The summed E-state index contributed by atoms with van der Waals surface area (Å²) in [5, 5.41) is 3.77. The number of hydrogen-bond acceptors (Lipinski definition) is 4. The molecule has 0 radical (unpaired) electrons. The summed E-state index contributed by atoms with van der Waals surface area (Å²) in [7, 11) is 0. The van der Waals surface area contributed by atoms with Gasteiger partial charge in [0.2, 0.25) is 5.91 Å². The van der Waals surface area contributed by atoms with Gasteiger partial charge >= 0.3 is 0 Å². The largest absolute Gasteiger partial charge is 0.326 e. The molecule has 3 rings (SSSR count). The number of nitrogens with zero attached hydrogens (tertiary/aromatic N) is 1. The highest BCUT2D eigenvalue weighted by molar-refractivity contribution is 7.15. The van der Waals surface area contributed by atoms with Crippen molar-refractivity contribution in [3.8, 4) is 10.6 Å². The Labute approximate surface area is 102 Å². The van der Waals surface area contributed by atoms with E-state index >= 15 is 0 Å². The van der Waals surface area contributed by atoms with Gasteiger partial charge in [-0.2, -0.15) is 0 Å². The molecule has 1 aliphatic rings. The summed E-state index contributed by atoms with van der Waals surface area (Å²) in [6, 6.07) is 5.93. The molecule has 0 atom stereocenters. The number of thiazole rings is 1. The van der Waals surface area contributed by atoms with Gasteiger partial charge in [0.1, 0.15) is 5.01 Å². The Morgan fingerprint density at radius 1 is 1.47 bits per heavy atom. The van der Waals surface area contributed by atoms with Crippen LogP contribution in [0.2, 0.25) is 0 Å². The number of aromatic nitrogens is 1. The molecule has 0 fully saturated rings. The molecule has 3 N–H and O–H groups in total. The summed E-state index contributed by atoms with van der Waals surface area (Å²) in [6.07, 6.45) is 2.26. The number of hydrogen-bond donors (Lipinski definition) is 2. The van der Waals surface area contributed by atoms with Gasteiger partial charge in [0.25, 0.3) is 0 Å². The lowest BCUT2D eigenvalue weighted by Crippen LogP contribution is -2.03. The molecule has 0 unspecified atom stereocenters. The predicted molar refractivity (Wildman–Crippen MR) is 67.8 cm³/mol. The second kappa shape index (κ2) is 3.94. The summed E-state index contributed by atoms with van der Waals surface area (Å²) < 4.78 is 0. The van der Waals surface area contributed by atoms with Crippen molar-refractivity contribution < 1.29 is 4.79 Å². The fourth-order valence-electron chi connectivity index (χ4n) is 1.90. The second-order valence-corrected chi connectivity index (χ2v) is 5.05. The zero-order valence-corrected chi connectivity index (χ0v) is 9.88. The van der Waals surface area contributed by atoms with Crippen LogP contribution >= 0.6 is 11.3 Å². The third-order valence-corrected chi connectivity index (χ3v) is 3.80. The van der Waals surface area contributed by atoms with E-state index in [1.165, 1.54) is 0 Å². The van der Waals surface area contributed by atoms with E-state index in [1.54, 1.807) is 17.5 Å². The molecule has 0 saturated heterocycles. The normalized spacial score (nSPS) is 13.6. The minimum absolute atomic E-state index is 0.0546. The van der Waals surface area contributed by atoms with E-state index in [9.17, 15) is 4.79 Å². The maximum atomic E-state index is 11.3. The van der Waals surface area contributed by atoms with E-state index in [-0.39, 0.29) is 5.91 Å². The maximum Gasteiger partial charge on any atom is 0.228 e. The standard InChI is InChI=1S/C12H11N3OS/c13-5-9-6-14-12(17-9)7-1-2-10-8(3-7)4-11(16)15-10/h1-3,6H,4-5,13H2,(H,15,16). The van der Waals surface area contributed by atoms with Gasteiger partial charge < -0.3 is 11.1 Å². The average molecular weight is 245 g/mol. The Morgan fingerprint density at radius 3 is 3.12 bits per heavy atom. The topological polar surface area (TPSA) is 68.0 Å². The van der Waals surface area contributed by atoms with Gasteiger partial charge in [-0.15, -0.1) is 11.3 Å². The minimum atomic E-state index is 0.0546. The number of rotatable bonds is 2. The predicted octanol–water partition coefficient (Wildman–Crippen LogP) is 1.76. The monoisotopic (exact) mass is 245 g/mol.